The largest absolute Gasteiger partial charge is 0.346 e. The third kappa shape index (κ3) is 2.90. The molecule has 0 bridgehead atoms. The molecule has 5 nitrogen and oxygen atoms in total. The highest BCUT2D eigenvalue weighted by Crippen LogP contribution is 2.36. The monoisotopic (exact) mass is 348 g/mol. The van der Waals surface area contributed by atoms with Crippen LogP contribution in [0.5, 0.6) is 0 Å². The average molecular weight is 348 g/mol. The predicted octanol–water partition coefficient (Wildman–Crippen LogP) is 2.91. The van der Waals surface area contributed by atoms with E-state index in [1.807, 2.05) is 42.2 Å². The zero-order chi connectivity index (χ0) is 18.1. The molecule has 1 fully saturated rings. The quantitative estimate of drug-likeness (QED) is 0.907. The van der Waals surface area contributed by atoms with Crippen LogP contribution >= 0.6 is 0 Å². The fraction of sp³-hybridized carbons (Fsp3) is 0.476. The second kappa shape index (κ2) is 6.60. The third-order valence-corrected chi connectivity index (χ3v) is 5.98. The van der Waals surface area contributed by atoms with E-state index >= 15 is 0 Å². The summed E-state index contributed by atoms with van der Waals surface area (Å²) in [5.74, 6) is 1.21. The van der Waals surface area contributed by atoms with Gasteiger partial charge in [0.15, 0.2) is 0 Å². The molecule has 26 heavy (non-hydrogen) atoms. The van der Waals surface area contributed by atoms with E-state index in [9.17, 15) is 10.1 Å². The van der Waals surface area contributed by atoms with Gasteiger partial charge >= 0.3 is 0 Å². The highest BCUT2D eigenvalue weighted by molar-refractivity contribution is 5.79. The summed E-state index contributed by atoms with van der Waals surface area (Å²) in [6.45, 7) is 3.28. The molecule has 0 saturated carbocycles. The topological polar surface area (TPSA) is 72.8 Å². The standard InChI is InChI=1S/C21H24N4O/c1-15-23-18-8-7-16(13-19(18)24-15)20(26)25-11-9-21(14-22,10-12-25)17-5-3-2-4-6-17/h2-6,16H,7-13H2,1H3,(H,23,24). The van der Waals surface area contributed by atoms with Gasteiger partial charge in [-0.05, 0) is 38.2 Å². The van der Waals surface area contributed by atoms with Gasteiger partial charge < -0.3 is 9.88 Å². The maximum absolute atomic E-state index is 13.0. The SMILES string of the molecule is Cc1nc2c([nH]1)CC(C(=O)N1CCC(C#N)(c3ccccc3)CC1)CC2. The van der Waals surface area contributed by atoms with Gasteiger partial charge in [-0.15, -0.1) is 0 Å². The van der Waals surface area contributed by atoms with Crippen molar-refractivity contribution in [1.29, 1.82) is 5.26 Å². The molecule has 1 aromatic heterocycles. The van der Waals surface area contributed by atoms with Crippen LogP contribution in [-0.2, 0) is 23.1 Å². The molecule has 2 heterocycles. The molecule has 1 amide bonds. The number of likely N-dealkylation sites (tertiary alicyclic amines) is 1. The summed E-state index contributed by atoms with van der Waals surface area (Å²) in [5, 5.41) is 9.82. The molecule has 1 unspecified atom stereocenters. The van der Waals surface area contributed by atoms with Crippen molar-refractivity contribution in [3.8, 4) is 6.07 Å². The van der Waals surface area contributed by atoms with Crippen molar-refractivity contribution >= 4 is 5.91 Å². The van der Waals surface area contributed by atoms with E-state index in [1.165, 1.54) is 0 Å². The van der Waals surface area contributed by atoms with E-state index in [1.54, 1.807) is 0 Å². The summed E-state index contributed by atoms with van der Waals surface area (Å²) >= 11 is 0. The number of rotatable bonds is 2. The number of H-pyrrole nitrogens is 1. The average Bonchev–Trinajstić information content (AvgIpc) is 3.07. The van der Waals surface area contributed by atoms with Crippen LogP contribution in [0, 0.1) is 24.2 Å². The zero-order valence-electron chi connectivity index (χ0n) is 15.2. The summed E-state index contributed by atoms with van der Waals surface area (Å²) in [6, 6.07) is 12.5. The number of imidazole rings is 1. The van der Waals surface area contributed by atoms with Crippen LogP contribution in [-0.4, -0.2) is 33.9 Å². The van der Waals surface area contributed by atoms with Crippen LogP contribution in [0.3, 0.4) is 0 Å². The normalized spacial score (nSPS) is 21.7. The number of benzene rings is 1. The number of fused-ring (bicyclic) bond motifs is 1. The highest BCUT2D eigenvalue weighted by Gasteiger charge is 2.39. The summed E-state index contributed by atoms with van der Waals surface area (Å²) in [6.07, 6.45) is 3.92. The van der Waals surface area contributed by atoms with Crippen molar-refractivity contribution in [2.75, 3.05) is 13.1 Å². The van der Waals surface area contributed by atoms with Crippen LogP contribution in [0.4, 0.5) is 0 Å². The molecular weight excluding hydrogens is 324 g/mol. The number of hydrogen-bond donors (Lipinski definition) is 1. The molecule has 1 aromatic carbocycles. The van der Waals surface area contributed by atoms with Gasteiger partial charge in [0.1, 0.15) is 5.82 Å². The number of nitrogens with zero attached hydrogens (tertiary/aromatic N) is 3. The van der Waals surface area contributed by atoms with Gasteiger partial charge in [0.05, 0.1) is 17.2 Å². The van der Waals surface area contributed by atoms with E-state index < -0.39 is 5.41 Å². The van der Waals surface area contributed by atoms with E-state index in [0.717, 1.165) is 42.0 Å². The van der Waals surface area contributed by atoms with Crippen LogP contribution in [0.1, 0.15) is 42.0 Å². The number of carbonyl (C=O) groups is 1. The Morgan fingerprint density at radius 1 is 1.31 bits per heavy atom. The molecule has 0 radical (unpaired) electrons. The molecule has 1 N–H and O–H groups in total. The Bertz CT molecular complexity index is 841. The van der Waals surface area contributed by atoms with Gasteiger partial charge in [-0.1, -0.05) is 30.3 Å². The van der Waals surface area contributed by atoms with Crippen molar-refractivity contribution < 1.29 is 4.79 Å². The Labute approximate surface area is 154 Å². The molecule has 4 rings (SSSR count). The minimum absolute atomic E-state index is 0.0358. The van der Waals surface area contributed by atoms with Crippen molar-refractivity contribution in [3.63, 3.8) is 0 Å². The van der Waals surface area contributed by atoms with Crippen LogP contribution in [0.2, 0.25) is 0 Å². The molecule has 0 spiro atoms. The lowest BCUT2D eigenvalue weighted by atomic mass is 9.74. The number of amides is 1. The summed E-state index contributed by atoms with van der Waals surface area (Å²) < 4.78 is 0. The Balaban J connectivity index is 1.43. The first-order valence-electron chi connectivity index (χ1n) is 9.41. The number of nitriles is 1. The molecular formula is C21H24N4O. The smallest absolute Gasteiger partial charge is 0.226 e. The number of aromatic nitrogens is 2. The van der Waals surface area contributed by atoms with Crippen molar-refractivity contribution in [1.82, 2.24) is 14.9 Å². The van der Waals surface area contributed by atoms with Crippen LogP contribution in [0.15, 0.2) is 30.3 Å². The van der Waals surface area contributed by atoms with Crippen molar-refractivity contribution in [2.45, 2.75) is 44.4 Å². The minimum Gasteiger partial charge on any atom is -0.346 e. The number of hydrogen-bond acceptors (Lipinski definition) is 3. The number of carbonyl (C=O) groups excluding carboxylic acids is 1. The fourth-order valence-corrected chi connectivity index (χ4v) is 4.42. The zero-order valence-corrected chi connectivity index (χ0v) is 15.2. The Morgan fingerprint density at radius 3 is 2.73 bits per heavy atom. The van der Waals surface area contributed by atoms with Gasteiger partial charge in [0.25, 0.3) is 0 Å². The minimum atomic E-state index is -0.460. The van der Waals surface area contributed by atoms with E-state index in [-0.39, 0.29) is 11.8 Å². The lowest BCUT2D eigenvalue weighted by Crippen LogP contribution is -2.47. The molecule has 1 aliphatic heterocycles. The lowest BCUT2D eigenvalue weighted by molar-refractivity contribution is -0.137. The van der Waals surface area contributed by atoms with Crippen molar-refractivity contribution in [3.05, 3.63) is 53.1 Å². The first-order chi connectivity index (χ1) is 12.6. The van der Waals surface area contributed by atoms with Crippen molar-refractivity contribution in [2.24, 2.45) is 5.92 Å². The molecule has 5 heteroatoms. The molecule has 1 aliphatic carbocycles. The van der Waals surface area contributed by atoms with E-state index in [0.29, 0.717) is 25.9 Å². The number of aromatic amines is 1. The second-order valence-electron chi connectivity index (χ2n) is 7.57. The second-order valence-corrected chi connectivity index (χ2v) is 7.57. The Kier molecular flexibility index (Phi) is 4.28. The van der Waals surface area contributed by atoms with E-state index in [2.05, 4.69) is 16.0 Å². The maximum atomic E-state index is 13.0. The maximum Gasteiger partial charge on any atom is 0.226 e. The summed E-state index contributed by atoms with van der Waals surface area (Å²) in [7, 11) is 0. The third-order valence-electron chi connectivity index (χ3n) is 5.98. The number of nitrogens with one attached hydrogen (secondary N) is 1. The van der Waals surface area contributed by atoms with Gasteiger partial charge in [0.2, 0.25) is 5.91 Å². The molecule has 1 atom stereocenters. The van der Waals surface area contributed by atoms with Crippen LogP contribution < -0.4 is 0 Å². The summed E-state index contributed by atoms with van der Waals surface area (Å²) in [4.78, 5) is 22.8. The first kappa shape index (κ1) is 16.8. The lowest BCUT2D eigenvalue weighted by Gasteiger charge is -2.39. The van der Waals surface area contributed by atoms with Gasteiger partial charge in [-0.25, -0.2) is 4.98 Å². The molecule has 2 aromatic rings. The fourth-order valence-electron chi connectivity index (χ4n) is 4.42. The van der Waals surface area contributed by atoms with Crippen LogP contribution in [0.25, 0.3) is 0 Å². The Morgan fingerprint density at radius 2 is 2.04 bits per heavy atom. The highest BCUT2D eigenvalue weighted by atomic mass is 16.2. The number of piperidine rings is 1. The molecule has 1 saturated heterocycles. The van der Waals surface area contributed by atoms with E-state index in [4.69, 9.17) is 0 Å². The van der Waals surface area contributed by atoms with Gasteiger partial charge in [-0.3, -0.25) is 4.79 Å². The first-order valence-corrected chi connectivity index (χ1v) is 9.41. The molecule has 2 aliphatic rings. The predicted molar refractivity (Wildman–Crippen MR) is 98.4 cm³/mol. The number of aryl methyl sites for hydroxylation is 2. The molecule has 134 valence electrons. The summed E-state index contributed by atoms with van der Waals surface area (Å²) in [5.41, 5.74) is 2.86. The van der Waals surface area contributed by atoms with Gasteiger partial charge in [-0.2, -0.15) is 5.26 Å². The Hall–Kier alpha value is -2.61. The van der Waals surface area contributed by atoms with Gasteiger partial charge in [0, 0.05) is 31.1 Å².